The molecule has 1 heterocycles. The summed E-state index contributed by atoms with van der Waals surface area (Å²) >= 11 is 0. The van der Waals surface area contributed by atoms with Gasteiger partial charge in [0, 0.05) is 18.2 Å². The molecular weight excluding hydrogens is 274 g/mol. The number of carbonyl (C=O) groups is 1. The van der Waals surface area contributed by atoms with Gasteiger partial charge < -0.3 is 9.73 Å². The fourth-order valence-corrected chi connectivity index (χ4v) is 2.37. The lowest BCUT2D eigenvalue weighted by atomic mass is 10.1. The Bertz CT molecular complexity index is 653. The smallest absolute Gasteiger partial charge is 0.244 e. The number of nitrogens with one attached hydrogen (secondary N) is 1. The molecule has 3 heteroatoms. The first kappa shape index (κ1) is 16.1. The minimum atomic E-state index is -0.0520. The third kappa shape index (κ3) is 4.92. The fraction of sp³-hybridized carbons (Fsp3) is 0.316. The fourth-order valence-electron chi connectivity index (χ4n) is 2.37. The summed E-state index contributed by atoms with van der Waals surface area (Å²) in [5, 5.41) is 2.91. The van der Waals surface area contributed by atoms with Crippen molar-refractivity contribution in [3.63, 3.8) is 0 Å². The quantitative estimate of drug-likeness (QED) is 0.816. The van der Waals surface area contributed by atoms with E-state index in [-0.39, 0.29) is 5.91 Å². The van der Waals surface area contributed by atoms with E-state index in [2.05, 4.69) is 17.4 Å². The normalized spacial score (nSPS) is 11.5. The predicted molar refractivity (Wildman–Crippen MR) is 88.5 cm³/mol. The lowest BCUT2D eigenvalue weighted by molar-refractivity contribution is -0.116. The average molecular weight is 297 g/mol. The van der Waals surface area contributed by atoms with Crippen molar-refractivity contribution in [2.75, 3.05) is 0 Å². The summed E-state index contributed by atoms with van der Waals surface area (Å²) in [6.07, 6.45) is 3.53. The Labute approximate surface area is 132 Å². The van der Waals surface area contributed by atoms with Crippen molar-refractivity contribution < 1.29 is 9.21 Å². The molecule has 0 aliphatic carbocycles. The van der Waals surface area contributed by atoms with Crippen LogP contribution in [0, 0.1) is 13.8 Å². The van der Waals surface area contributed by atoms with Crippen LogP contribution in [-0.2, 0) is 17.8 Å². The van der Waals surface area contributed by atoms with E-state index < -0.39 is 0 Å². The maximum absolute atomic E-state index is 11.9. The first-order chi connectivity index (χ1) is 10.5. The first-order valence-corrected chi connectivity index (χ1v) is 7.59. The van der Waals surface area contributed by atoms with Crippen molar-refractivity contribution in [1.82, 2.24) is 5.32 Å². The van der Waals surface area contributed by atoms with E-state index in [0.717, 1.165) is 35.5 Å². The number of amides is 1. The van der Waals surface area contributed by atoms with Crippen LogP contribution in [0.2, 0.25) is 0 Å². The summed E-state index contributed by atoms with van der Waals surface area (Å²) < 4.78 is 5.45. The van der Waals surface area contributed by atoms with Crippen LogP contribution < -0.4 is 5.32 Å². The van der Waals surface area contributed by atoms with Crippen LogP contribution in [0.4, 0.5) is 0 Å². The molecule has 0 saturated carbocycles. The van der Waals surface area contributed by atoms with Gasteiger partial charge in [0.1, 0.15) is 11.5 Å². The third-order valence-electron chi connectivity index (χ3n) is 3.63. The molecule has 116 valence electrons. The third-order valence-corrected chi connectivity index (χ3v) is 3.63. The van der Waals surface area contributed by atoms with Crippen LogP contribution in [0.15, 0.2) is 52.5 Å². The molecule has 0 unspecified atom stereocenters. The molecule has 2 aromatic rings. The molecule has 1 aromatic heterocycles. The highest BCUT2D eigenvalue weighted by Crippen LogP contribution is 2.13. The minimum Gasteiger partial charge on any atom is -0.466 e. The SMILES string of the molecule is C/C(=C/C(=O)NCc1cc(C)oc1C)CCc1ccccc1. The van der Waals surface area contributed by atoms with Gasteiger partial charge in [-0.2, -0.15) is 0 Å². The Morgan fingerprint density at radius 1 is 1.23 bits per heavy atom. The van der Waals surface area contributed by atoms with E-state index in [9.17, 15) is 4.79 Å². The molecule has 0 radical (unpaired) electrons. The van der Waals surface area contributed by atoms with Crippen LogP contribution in [0.5, 0.6) is 0 Å². The van der Waals surface area contributed by atoms with Crippen molar-refractivity contribution in [2.24, 2.45) is 0 Å². The summed E-state index contributed by atoms with van der Waals surface area (Å²) in [6.45, 7) is 6.32. The highest BCUT2D eigenvalue weighted by molar-refractivity contribution is 5.88. The Morgan fingerprint density at radius 2 is 1.95 bits per heavy atom. The molecule has 0 aliphatic rings. The first-order valence-electron chi connectivity index (χ1n) is 7.59. The second-order valence-corrected chi connectivity index (χ2v) is 5.63. The number of hydrogen-bond donors (Lipinski definition) is 1. The van der Waals surface area contributed by atoms with Gasteiger partial charge in [0.25, 0.3) is 0 Å². The second-order valence-electron chi connectivity index (χ2n) is 5.63. The zero-order chi connectivity index (χ0) is 15.9. The average Bonchev–Trinajstić information content (AvgIpc) is 2.82. The Morgan fingerprint density at radius 3 is 2.59 bits per heavy atom. The summed E-state index contributed by atoms with van der Waals surface area (Å²) in [7, 11) is 0. The Balaban J connectivity index is 1.81. The molecule has 22 heavy (non-hydrogen) atoms. The van der Waals surface area contributed by atoms with Crippen LogP contribution >= 0.6 is 0 Å². The van der Waals surface area contributed by atoms with Crippen molar-refractivity contribution in [3.8, 4) is 0 Å². The van der Waals surface area contributed by atoms with Gasteiger partial charge in [0.2, 0.25) is 5.91 Å². The van der Waals surface area contributed by atoms with E-state index in [0.29, 0.717) is 6.54 Å². The van der Waals surface area contributed by atoms with Gasteiger partial charge in [-0.05, 0) is 45.2 Å². The van der Waals surface area contributed by atoms with Crippen LogP contribution in [0.1, 0.15) is 36.0 Å². The molecular formula is C19H23NO2. The van der Waals surface area contributed by atoms with Crippen molar-refractivity contribution in [2.45, 2.75) is 40.2 Å². The minimum absolute atomic E-state index is 0.0520. The van der Waals surface area contributed by atoms with Crippen LogP contribution in [0.25, 0.3) is 0 Å². The monoisotopic (exact) mass is 297 g/mol. The summed E-state index contributed by atoms with van der Waals surface area (Å²) in [4.78, 5) is 11.9. The van der Waals surface area contributed by atoms with Gasteiger partial charge in [0.05, 0.1) is 0 Å². The van der Waals surface area contributed by atoms with E-state index in [4.69, 9.17) is 4.42 Å². The van der Waals surface area contributed by atoms with E-state index in [1.807, 2.05) is 45.0 Å². The Kier molecular flexibility index (Phi) is 5.59. The lowest BCUT2D eigenvalue weighted by Gasteiger charge is -2.04. The van der Waals surface area contributed by atoms with Crippen LogP contribution in [-0.4, -0.2) is 5.91 Å². The van der Waals surface area contributed by atoms with E-state index in [1.165, 1.54) is 5.56 Å². The summed E-state index contributed by atoms with van der Waals surface area (Å²) in [5.41, 5.74) is 3.41. The molecule has 0 atom stereocenters. The molecule has 2 rings (SSSR count). The number of benzene rings is 1. The zero-order valence-electron chi connectivity index (χ0n) is 13.5. The summed E-state index contributed by atoms with van der Waals surface area (Å²) in [6, 6.07) is 12.3. The number of carbonyl (C=O) groups excluding carboxylic acids is 1. The van der Waals surface area contributed by atoms with Gasteiger partial charge in [-0.3, -0.25) is 4.79 Å². The lowest BCUT2D eigenvalue weighted by Crippen LogP contribution is -2.20. The predicted octanol–water partition coefficient (Wildman–Crippen LogP) is 4.09. The highest BCUT2D eigenvalue weighted by atomic mass is 16.3. The number of hydrogen-bond acceptors (Lipinski definition) is 2. The molecule has 0 spiro atoms. The standard InChI is InChI=1S/C19H23NO2/c1-14(9-10-17-7-5-4-6-8-17)11-19(21)20-13-18-12-15(2)22-16(18)3/h4-8,11-12H,9-10,13H2,1-3H3,(H,20,21)/b14-11-. The number of allylic oxidation sites excluding steroid dienone is 1. The maximum atomic E-state index is 11.9. The van der Waals surface area contributed by atoms with Gasteiger partial charge >= 0.3 is 0 Å². The highest BCUT2D eigenvalue weighted by Gasteiger charge is 2.06. The molecule has 0 saturated heterocycles. The Hall–Kier alpha value is -2.29. The van der Waals surface area contributed by atoms with Gasteiger partial charge in [-0.15, -0.1) is 0 Å². The van der Waals surface area contributed by atoms with Crippen molar-refractivity contribution in [3.05, 3.63) is 70.7 Å². The van der Waals surface area contributed by atoms with E-state index in [1.54, 1.807) is 6.08 Å². The molecule has 0 fully saturated rings. The van der Waals surface area contributed by atoms with Gasteiger partial charge in [-0.25, -0.2) is 0 Å². The summed E-state index contributed by atoms with van der Waals surface area (Å²) in [5.74, 6) is 1.68. The topological polar surface area (TPSA) is 42.2 Å². The number of furan rings is 1. The molecule has 0 bridgehead atoms. The maximum Gasteiger partial charge on any atom is 0.244 e. The van der Waals surface area contributed by atoms with E-state index >= 15 is 0 Å². The second kappa shape index (κ2) is 7.64. The molecule has 0 aliphatic heterocycles. The largest absolute Gasteiger partial charge is 0.466 e. The van der Waals surface area contributed by atoms with Gasteiger partial charge in [-0.1, -0.05) is 35.9 Å². The molecule has 1 N–H and O–H groups in total. The molecule has 3 nitrogen and oxygen atoms in total. The zero-order valence-corrected chi connectivity index (χ0v) is 13.5. The van der Waals surface area contributed by atoms with Crippen LogP contribution in [0.3, 0.4) is 0 Å². The number of rotatable bonds is 6. The molecule has 1 amide bonds. The molecule has 1 aromatic carbocycles. The van der Waals surface area contributed by atoms with Crippen molar-refractivity contribution in [1.29, 1.82) is 0 Å². The van der Waals surface area contributed by atoms with Gasteiger partial charge in [0.15, 0.2) is 0 Å². The number of aryl methyl sites for hydroxylation is 3. The van der Waals surface area contributed by atoms with Crippen molar-refractivity contribution >= 4 is 5.91 Å².